The maximum atomic E-state index is 11.4. The summed E-state index contributed by atoms with van der Waals surface area (Å²) >= 11 is 0. The van der Waals surface area contributed by atoms with Gasteiger partial charge in [0.15, 0.2) is 0 Å². The first kappa shape index (κ1) is 10.4. The number of carbonyl (C=O) groups excluding carboxylic acids is 1. The lowest BCUT2D eigenvalue weighted by Gasteiger charge is -2.21. The summed E-state index contributed by atoms with van der Waals surface area (Å²) in [5, 5.41) is 0. The molecular weight excluding hydrogens is 188 g/mol. The van der Waals surface area contributed by atoms with Crippen molar-refractivity contribution in [3.63, 3.8) is 0 Å². The van der Waals surface area contributed by atoms with Crippen LogP contribution in [0, 0.1) is 0 Å². The molecule has 1 fully saturated rings. The summed E-state index contributed by atoms with van der Waals surface area (Å²) in [5.41, 5.74) is 0. The molecular formula is C12H18N2O. The van der Waals surface area contributed by atoms with E-state index in [1.165, 1.54) is 0 Å². The van der Waals surface area contributed by atoms with Crippen molar-refractivity contribution in [2.75, 3.05) is 0 Å². The Labute approximate surface area is 90.5 Å². The summed E-state index contributed by atoms with van der Waals surface area (Å²) in [6.07, 6.45) is 8.60. The number of hydrogen-bond donors (Lipinski definition) is 0. The maximum Gasteiger partial charge on any atom is 0.133 e. The van der Waals surface area contributed by atoms with Crippen LogP contribution in [-0.2, 0) is 11.3 Å². The van der Waals surface area contributed by atoms with Crippen molar-refractivity contribution in [2.45, 2.75) is 51.5 Å². The third-order valence-corrected chi connectivity index (χ3v) is 3.06. The van der Waals surface area contributed by atoms with E-state index in [1.54, 1.807) is 0 Å². The highest BCUT2D eigenvalue weighted by molar-refractivity contribution is 5.79. The van der Waals surface area contributed by atoms with E-state index in [9.17, 15) is 4.79 Å². The molecule has 0 aliphatic heterocycles. The number of aryl methyl sites for hydroxylation is 1. The normalized spacial score (nSPS) is 21.9. The van der Waals surface area contributed by atoms with Crippen molar-refractivity contribution in [1.82, 2.24) is 9.55 Å². The third-order valence-electron chi connectivity index (χ3n) is 3.06. The number of rotatable bonds is 3. The number of nitrogens with zero attached hydrogens (tertiary/aromatic N) is 2. The van der Waals surface area contributed by atoms with Gasteiger partial charge in [-0.1, -0.05) is 6.92 Å². The molecule has 15 heavy (non-hydrogen) atoms. The number of ketones is 1. The van der Waals surface area contributed by atoms with Crippen molar-refractivity contribution in [1.29, 1.82) is 0 Å². The minimum atomic E-state index is 0.368. The van der Waals surface area contributed by atoms with Gasteiger partial charge in [-0.25, -0.2) is 4.98 Å². The van der Waals surface area contributed by atoms with Crippen LogP contribution >= 0.6 is 0 Å². The van der Waals surface area contributed by atoms with Gasteiger partial charge in [0.05, 0.1) is 0 Å². The first-order valence-electron chi connectivity index (χ1n) is 5.84. The van der Waals surface area contributed by atoms with E-state index in [1.807, 2.05) is 12.4 Å². The summed E-state index contributed by atoms with van der Waals surface area (Å²) in [6.45, 7) is 3.18. The average molecular weight is 206 g/mol. The molecule has 0 bridgehead atoms. The molecule has 1 saturated carbocycles. The first-order chi connectivity index (χ1) is 7.31. The number of Topliss-reactive ketones (excluding diaryl/α,β-unsaturated/α-hetero) is 1. The van der Waals surface area contributed by atoms with Crippen LogP contribution in [0.4, 0.5) is 0 Å². The highest BCUT2D eigenvalue weighted by Gasteiger charge is 2.24. The molecule has 1 heterocycles. The fourth-order valence-electron chi connectivity index (χ4n) is 2.36. The van der Waals surface area contributed by atoms with Crippen LogP contribution in [-0.4, -0.2) is 15.3 Å². The summed E-state index contributed by atoms with van der Waals surface area (Å²) in [4.78, 5) is 15.8. The maximum absolute atomic E-state index is 11.4. The van der Waals surface area contributed by atoms with Crippen LogP contribution in [0.3, 0.4) is 0 Å². The van der Waals surface area contributed by atoms with Gasteiger partial charge in [-0.3, -0.25) is 4.79 Å². The van der Waals surface area contributed by atoms with Crippen LogP contribution in [0.25, 0.3) is 0 Å². The van der Waals surface area contributed by atoms with Crippen molar-refractivity contribution >= 4 is 5.78 Å². The molecule has 1 aliphatic carbocycles. The standard InChI is InChI=1S/C12H18N2O/c1-2-7-14-8-6-13-12(14)10-4-3-5-11(15)9-10/h6,8,10H,2-5,7,9H2,1H3. The van der Waals surface area contributed by atoms with Gasteiger partial charge in [0, 0.05) is 37.7 Å². The van der Waals surface area contributed by atoms with Gasteiger partial charge in [0.25, 0.3) is 0 Å². The van der Waals surface area contributed by atoms with Gasteiger partial charge in [-0.15, -0.1) is 0 Å². The van der Waals surface area contributed by atoms with E-state index in [4.69, 9.17) is 0 Å². The second-order valence-corrected chi connectivity index (χ2v) is 4.31. The predicted molar refractivity (Wildman–Crippen MR) is 58.7 cm³/mol. The minimum Gasteiger partial charge on any atom is -0.335 e. The molecule has 1 atom stereocenters. The number of aromatic nitrogens is 2. The lowest BCUT2D eigenvalue weighted by Crippen LogP contribution is -2.17. The monoisotopic (exact) mass is 206 g/mol. The van der Waals surface area contributed by atoms with E-state index in [0.29, 0.717) is 18.1 Å². The lowest BCUT2D eigenvalue weighted by molar-refractivity contribution is -0.120. The number of carbonyl (C=O) groups is 1. The molecule has 82 valence electrons. The summed E-state index contributed by atoms with van der Waals surface area (Å²) in [6, 6.07) is 0. The Morgan fingerprint density at radius 1 is 1.60 bits per heavy atom. The lowest BCUT2D eigenvalue weighted by atomic mass is 9.88. The number of imidazole rings is 1. The van der Waals surface area contributed by atoms with Crippen LogP contribution in [0.2, 0.25) is 0 Å². The third kappa shape index (κ3) is 2.28. The smallest absolute Gasteiger partial charge is 0.133 e. The van der Waals surface area contributed by atoms with Crippen LogP contribution < -0.4 is 0 Å². The summed E-state index contributed by atoms with van der Waals surface area (Å²) in [7, 11) is 0. The zero-order chi connectivity index (χ0) is 10.7. The van der Waals surface area contributed by atoms with Gasteiger partial charge in [-0.2, -0.15) is 0 Å². The molecule has 0 spiro atoms. The first-order valence-corrected chi connectivity index (χ1v) is 5.84. The number of hydrogen-bond acceptors (Lipinski definition) is 2. The average Bonchev–Trinajstić information content (AvgIpc) is 2.66. The van der Waals surface area contributed by atoms with Crippen LogP contribution in [0.5, 0.6) is 0 Å². The van der Waals surface area contributed by atoms with Gasteiger partial charge >= 0.3 is 0 Å². The van der Waals surface area contributed by atoms with Gasteiger partial charge in [-0.05, 0) is 19.3 Å². The molecule has 3 heteroatoms. The molecule has 2 rings (SSSR count). The highest BCUT2D eigenvalue weighted by Crippen LogP contribution is 2.29. The van der Waals surface area contributed by atoms with Gasteiger partial charge in [0.2, 0.25) is 0 Å². The topological polar surface area (TPSA) is 34.9 Å². The largest absolute Gasteiger partial charge is 0.335 e. The fraction of sp³-hybridized carbons (Fsp3) is 0.667. The van der Waals surface area contributed by atoms with E-state index in [-0.39, 0.29) is 0 Å². The van der Waals surface area contributed by atoms with E-state index in [2.05, 4.69) is 16.5 Å². The van der Waals surface area contributed by atoms with E-state index >= 15 is 0 Å². The minimum absolute atomic E-state index is 0.368. The molecule has 1 aromatic rings. The van der Waals surface area contributed by atoms with Crippen molar-refractivity contribution < 1.29 is 4.79 Å². The molecule has 0 amide bonds. The van der Waals surface area contributed by atoms with Crippen molar-refractivity contribution in [2.24, 2.45) is 0 Å². The van der Waals surface area contributed by atoms with Gasteiger partial charge < -0.3 is 4.57 Å². The Morgan fingerprint density at radius 2 is 2.47 bits per heavy atom. The second-order valence-electron chi connectivity index (χ2n) is 4.31. The summed E-state index contributed by atoms with van der Waals surface area (Å²) < 4.78 is 2.20. The molecule has 0 N–H and O–H groups in total. The Hall–Kier alpha value is -1.12. The molecule has 1 unspecified atom stereocenters. The molecule has 3 nitrogen and oxygen atoms in total. The van der Waals surface area contributed by atoms with Crippen molar-refractivity contribution in [3.05, 3.63) is 18.2 Å². The quantitative estimate of drug-likeness (QED) is 0.761. The Balaban J connectivity index is 2.13. The van der Waals surface area contributed by atoms with Gasteiger partial charge in [0.1, 0.15) is 11.6 Å². The van der Waals surface area contributed by atoms with Crippen molar-refractivity contribution in [3.8, 4) is 0 Å². The highest BCUT2D eigenvalue weighted by atomic mass is 16.1. The zero-order valence-electron chi connectivity index (χ0n) is 9.28. The molecule has 0 saturated heterocycles. The SMILES string of the molecule is CCCn1ccnc1C1CCCC(=O)C1. The predicted octanol–water partition coefficient (Wildman–Crippen LogP) is 2.52. The van der Waals surface area contributed by atoms with E-state index < -0.39 is 0 Å². The zero-order valence-corrected chi connectivity index (χ0v) is 9.28. The Kier molecular flexibility index (Phi) is 3.19. The van der Waals surface area contributed by atoms with E-state index in [0.717, 1.165) is 38.1 Å². The molecule has 1 aliphatic rings. The van der Waals surface area contributed by atoms with Crippen LogP contribution in [0.15, 0.2) is 12.4 Å². The molecule has 0 aromatic carbocycles. The Morgan fingerprint density at radius 3 is 3.20 bits per heavy atom. The van der Waals surface area contributed by atoms with Crippen LogP contribution in [0.1, 0.15) is 50.8 Å². The molecule has 1 aromatic heterocycles. The second kappa shape index (κ2) is 4.60. The molecule has 0 radical (unpaired) electrons. The fourth-order valence-corrected chi connectivity index (χ4v) is 2.36. The summed E-state index contributed by atoms with van der Waals surface area (Å²) in [5.74, 6) is 1.88. The Bertz CT molecular complexity index is 343.